The summed E-state index contributed by atoms with van der Waals surface area (Å²) in [6.45, 7) is 10.1. The summed E-state index contributed by atoms with van der Waals surface area (Å²) in [4.78, 5) is 21.8. The molecule has 0 unspecified atom stereocenters. The van der Waals surface area contributed by atoms with Gasteiger partial charge in [-0.15, -0.1) is 0 Å². The number of methoxy groups -OCH3 is 1. The Labute approximate surface area is 155 Å². The normalized spacial score (nSPS) is 30.0. The van der Waals surface area contributed by atoms with Crippen LogP contribution in [0.3, 0.4) is 0 Å². The molecule has 142 valence electrons. The van der Waals surface area contributed by atoms with Crippen molar-refractivity contribution in [2.45, 2.75) is 20.3 Å². The largest absolute Gasteiger partial charge is 0.384 e. The lowest BCUT2D eigenvalue weighted by molar-refractivity contribution is -0.107. The second-order valence-electron chi connectivity index (χ2n) is 8.70. The Hall–Kier alpha value is -1.66. The molecule has 0 N–H and O–H groups in total. The smallest absolute Gasteiger partial charge is 0.255 e. The summed E-state index contributed by atoms with van der Waals surface area (Å²) in [5, 5.41) is 0. The molecule has 2 saturated heterocycles. The zero-order valence-electron chi connectivity index (χ0n) is 16.0. The molecule has 6 nitrogen and oxygen atoms in total. The van der Waals surface area contributed by atoms with Gasteiger partial charge < -0.3 is 19.3 Å². The number of carbonyl (C=O) groups excluding carboxylic acids is 1. The number of hydrogen-bond acceptors (Lipinski definition) is 5. The SMILES string of the molecule is COC[C@@]12CN(C(=O)c3ccc(N4CCOCC4)nc3)C[C@@H]1C(C)(C)C2. The Bertz CT molecular complexity index is 669. The average Bonchev–Trinajstić information content (AvgIpc) is 2.97. The first-order valence-corrected chi connectivity index (χ1v) is 9.52. The number of amides is 1. The minimum atomic E-state index is 0.0895. The molecule has 2 aliphatic heterocycles. The Morgan fingerprint density at radius 3 is 2.73 bits per heavy atom. The first-order valence-electron chi connectivity index (χ1n) is 9.52. The quantitative estimate of drug-likeness (QED) is 0.824. The minimum Gasteiger partial charge on any atom is -0.384 e. The van der Waals surface area contributed by atoms with Gasteiger partial charge in [-0.2, -0.15) is 0 Å². The Kier molecular flexibility index (Phi) is 4.43. The lowest BCUT2D eigenvalue weighted by Gasteiger charge is -2.56. The number of aromatic nitrogens is 1. The first-order chi connectivity index (χ1) is 12.5. The van der Waals surface area contributed by atoms with E-state index >= 15 is 0 Å². The predicted molar refractivity (Wildman–Crippen MR) is 99.4 cm³/mol. The average molecular weight is 359 g/mol. The molecule has 0 spiro atoms. The highest BCUT2D eigenvalue weighted by Crippen LogP contribution is 2.62. The van der Waals surface area contributed by atoms with Gasteiger partial charge in [0.05, 0.1) is 25.4 Å². The molecule has 4 rings (SSSR count). The Balaban J connectivity index is 1.46. The standard InChI is InChI=1S/C20H29N3O3/c1-19(2)12-20(14-25-3)13-23(11-16(19)20)18(24)15-4-5-17(21-10-15)22-6-8-26-9-7-22/h4-5,10,16H,6-9,11-14H2,1-3H3/t16-,20-/m1/s1. The van der Waals surface area contributed by atoms with Crippen LogP contribution in [0.2, 0.25) is 0 Å². The van der Waals surface area contributed by atoms with Crippen molar-refractivity contribution in [3.8, 4) is 0 Å². The van der Waals surface area contributed by atoms with Crippen molar-refractivity contribution in [3.63, 3.8) is 0 Å². The van der Waals surface area contributed by atoms with E-state index in [0.29, 0.717) is 11.5 Å². The zero-order chi connectivity index (χ0) is 18.4. The number of anilines is 1. The molecule has 1 amide bonds. The number of morpholine rings is 1. The molecule has 0 bridgehead atoms. The van der Waals surface area contributed by atoms with Gasteiger partial charge in [0.1, 0.15) is 5.82 Å². The van der Waals surface area contributed by atoms with Gasteiger partial charge in [-0.1, -0.05) is 13.8 Å². The van der Waals surface area contributed by atoms with Crippen LogP contribution in [-0.2, 0) is 9.47 Å². The highest BCUT2D eigenvalue weighted by molar-refractivity contribution is 5.94. The van der Waals surface area contributed by atoms with E-state index in [9.17, 15) is 4.79 Å². The van der Waals surface area contributed by atoms with Crippen molar-refractivity contribution in [1.82, 2.24) is 9.88 Å². The van der Waals surface area contributed by atoms with E-state index in [4.69, 9.17) is 9.47 Å². The molecule has 3 heterocycles. The van der Waals surface area contributed by atoms with Crippen LogP contribution in [0, 0.1) is 16.7 Å². The summed E-state index contributed by atoms with van der Waals surface area (Å²) in [6, 6.07) is 3.87. The maximum absolute atomic E-state index is 13.0. The van der Waals surface area contributed by atoms with Crippen molar-refractivity contribution < 1.29 is 14.3 Å². The minimum absolute atomic E-state index is 0.0895. The van der Waals surface area contributed by atoms with Gasteiger partial charge in [-0.25, -0.2) is 4.98 Å². The van der Waals surface area contributed by atoms with E-state index in [1.807, 2.05) is 17.0 Å². The molecule has 3 fully saturated rings. The lowest BCUT2D eigenvalue weighted by atomic mass is 9.48. The van der Waals surface area contributed by atoms with Gasteiger partial charge >= 0.3 is 0 Å². The number of pyridine rings is 1. The maximum atomic E-state index is 13.0. The molecular formula is C20H29N3O3. The number of ether oxygens (including phenoxy) is 2. The molecule has 6 heteroatoms. The van der Waals surface area contributed by atoms with Crippen LogP contribution in [0.4, 0.5) is 5.82 Å². The fourth-order valence-electron chi connectivity index (χ4n) is 5.44. The maximum Gasteiger partial charge on any atom is 0.255 e. The molecule has 26 heavy (non-hydrogen) atoms. The zero-order valence-corrected chi connectivity index (χ0v) is 16.0. The molecule has 1 aromatic rings. The molecule has 0 aromatic carbocycles. The number of likely N-dealkylation sites (tertiary alicyclic amines) is 1. The third kappa shape index (κ3) is 2.89. The van der Waals surface area contributed by atoms with E-state index in [-0.39, 0.29) is 16.7 Å². The number of nitrogens with zero attached hydrogens (tertiary/aromatic N) is 3. The predicted octanol–water partition coefficient (Wildman–Crippen LogP) is 2.05. The van der Waals surface area contributed by atoms with E-state index in [1.54, 1.807) is 13.3 Å². The summed E-state index contributed by atoms with van der Waals surface area (Å²) in [5.74, 6) is 1.52. The monoisotopic (exact) mass is 359 g/mol. The van der Waals surface area contributed by atoms with E-state index in [2.05, 4.69) is 23.7 Å². The molecule has 0 radical (unpaired) electrons. The third-order valence-corrected chi connectivity index (χ3v) is 6.45. The summed E-state index contributed by atoms with van der Waals surface area (Å²) in [6.07, 6.45) is 2.85. The van der Waals surface area contributed by atoms with Crippen molar-refractivity contribution >= 4 is 11.7 Å². The van der Waals surface area contributed by atoms with Crippen LogP contribution >= 0.6 is 0 Å². The van der Waals surface area contributed by atoms with Gasteiger partial charge in [0.2, 0.25) is 0 Å². The summed E-state index contributed by atoms with van der Waals surface area (Å²) >= 11 is 0. The topological polar surface area (TPSA) is 54.9 Å². The number of fused-ring (bicyclic) bond motifs is 1. The van der Waals surface area contributed by atoms with Gasteiger partial charge in [0.25, 0.3) is 5.91 Å². The molecule has 1 saturated carbocycles. The van der Waals surface area contributed by atoms with Crippen LogP contribution in [0.5, 0.6) is 0 Å². The van der Waals surface area contributed by atoms with E-state index in [0.717, 1.165) is 58.2 Å². The molecule has 3 aliphatic rings. The summed E-state index contributed by atoms with van der Waals surface area (Å²) in [7, 11) is 1.76. The van der Waals surface area contributed by atoms with Crippen LogP contribution in [0.15, 0.2) is 18.3 Å². The number of carbonyl (C=O) groups is 1. The van der Waals surface area contributed by atoms with Gasteiger partial charge in [-0.05, 0) is 29.9 Å². The first kappa shape index (κ1) is 17.7. The third-order valence-electron chi connectivity index (χ3n) is 6.45. The van der Waals surface area contributed by atoms with Crippen molar-refractivity contribution in [1.29, 1.82) is 0 Å². The summed E-state index contributed by atoms with van der Waals surface area (Å²) in [5.41, 5.74) is 1.09. The summed E-state index contributed by atoms with van der Waals surface area (Å²) < 4.78 is 10.9. The highest BCUT2D eigenvalue weighted by Gasteiger charge is 2.63. The van der Waals surface area contributed by atoms with E-state index < -0.39 is 0 Å². The fourth-order valence-corrected chi connectivity index (χ4v) is 5.44. The molecular weight excluding hydrogens is 330 g/mol. The second-order valence-corrected chi connectivity index (χ2v) is 8.70. The van der Waals surface area contributed by atoms with Crippen molar-refractivity contribution in [2.75, 3.05) is 58.0 Å². The van der Waals surface area contributed by atoms with Crippen LogP contribution in [0.25, 0.3) is 0 Å². The fraction of sp³-hybridized carbons (Fsp3) is 0.700. The Morgan fingerprint density at radius 1 is 1.35 bits per heavy atom. The lowest BCUT2D eigenvalue weighted by Crippen LogP contribution is -2.55. The van der Waals surface area contributed by atoms with Crippen molar-refractivity contribution in [3.05, 3.63) is 23.9 Å². The molecule has 1 aliphatic carbocycles. The number of rotatable bonds is 4. The Morgan fingerprint density at radius 2 is 2.12 bits per heavy atom. The molecule has 2 atom stereocenters. The highest BCUT2D eigenvalue weighted by atomic mass is 16.5. The van der Waals surface area contributed by atoms with Crippen LogP contribution in [-0.4, -0.2) is 68.9 Å². The molecule has 1 aromatic heterocycles. The van der Waals surface area contributed by atoms with Crippen LogP contribution in [0.1, 0.15) is 30.6 Å². The van der Waals surface area contributed by atoms with Crippen molar-refractivity contribution in [2.24, 2.45) is 16.7 Å². The van der Waals surface area contributed by atoms with Gasteiger partial charge in [-0.3, -0.25) is 4.79 Å². The van der Waals surface area contributed by atoms with E-state index in [1.165, 1.54) is 0 Å². The van der Waals surface area contributed by atoms with Gasteiger partial charge in [0.15, 0.2) is 0 Å². The van der Waals surface area contributed by atoms with Gasteiger partial charge in [0, 0.05) is 44.9 Å². The number of hydrogen-bond donors (Lipinski definition) is 0. The van der Waals surface area contributed by atoms with Crippen LogP contribution < -0.4 is 4.90 Å². The second kappa shape index (κ2) is 6.50.